The Morgan fingerprint density at radius 3 is 2.03 bits per heavy atom. The largest absolute Gasteiger partial charge is 0.369 e. The Morgan fingerprint density at radius 1 is 0.933 bits per heavy atom. The predicted octanol–water partition coefficient (Wildman–Crippen LogP) is 4.68. The van der Waals surface area contributed by atoms with E-state index in [0.29, 0.717) is 0 Å². The summed E-state index contributed by atoms with van der Waals surface area (Å²) in [4.78, 5) is 15.6. The monoisotopic (exact) mass is 418 g/mol. The van der Waals surface area contributed by atoms with Crippen LogP contribution in [0.1, 0.15) is 23.1 Å². The van der Waals surface area contributed by atoms with Crippen molar-refractivity contribution >= 4 is 17.5 Å². The first-order valence-electron chi connectivity index (χ1n) is 10.5. The molecule has 4 rings (SSSR count). The molecule has 4 heteroatoms. The standard InChI is InChI=1S/C26H27ClN2O/c27-24-13-11-20(12-14-24)15-17-29-18-16-23(19-29)26(25(28)30,21-7-3-1-4-8-21)22-9-5-2-6-10-22/h1-14,23H,15-19H2,(H2,28,30). The van der Waals surface area contributed by atoms with Gasteiger partial charge in [-0.3, -0.25) is 4.79 Å². The molecular weight excluding hydrogens is 392 g/mol. The number of halogens is 1. The van der Waals surface area contributed by atoms with Crippen LogP contribution < -0.4 is 5.73 Å². The number of rotatable bonds is 7. The van der Waals surface area contributed by atoms with Gasteiger partial charge < -0.3 is 10.6 Å². The number of hydrogen-bond acceptors (Lipinski definition) is 2. The lowest BCUT2D eigenvalue weighted by atomic mass is 9.64. The first kappa shape index (κ1) is 20.6. The molecule has 3 nitrogen and oxygen atoms in total. The zero-order chi connectivity index (χ0) is 21.0. The normalized spacial score (nSPS) is 17.2. The Kier molecular flexibility index (Phi) is 6.21. The predicted molar refractivity (Wildman–Crippen MR) is 123 cm³/mol. The maximum absolute atomic E-state index is 13.1. The van der Waals surface area contributed by atoms with Crippen molar-refractivity contribution in [1.82, 2.24) is 4.90 Å². The highest BCUT2D eigenvalue weighted by Crippen LogP contribution is 2.43. The number of amides is 1. The van der Waals surface area contributed by atoms with E-state index in [0.717, 1.165) is 48.6 Å². The van der Waals surface area contributed by atoms with Gasteiger partial charge in [0.05, 0.1) is 0 Å². The van der Waals surface area contributed by atoms with E-state index in [1.807, 2.05) is 72.8 Å². The second-order valence-corrected chi connectivity index (χ2v) is 8.50. The van der Waals surface area contributed by atoms with Gasteiger partial charge in [-0.25, -0.2) is 0 Å². The van der Waals surface area contributed by atoms with Gasteiger partial charge in [0, 0.05) is 18.1 Å². The lowest BCUT2D eigenvalue weighted by Crippen LogP contribution is -2.49. The molecule has 0 radical (unpaired) electrons. The summed E-state index contributed by atoms with van der Waals surface area (Å²) in [5.74, 6) is -0.144. The van der Waals surface area contributed by atoms with Crippen LogP contribution in [0.5, 0.6) is 0 Å². The summed E-state index contributed by atoms with van der Waals surface area (Å²) in [7, 11) is 0. The minimum Gasteiger partial charge on any atom is -0.369 e. The highest BCUT2D eigenvalue weighted by Gasteiger charge is 2.49. The Bertz CT molecular complexity index is 933. The summed E-state index contributed by atoms with van der Waals surface area (Å²) in [5.41, 5.74) is 8.58. The lowest BCUT2D eigenvalue weighted by molar-refractivity contribution is -0.123. The Hall–Kier alpha value is -2.62. The smallest absolute Gasteiger partial charge is 0.232 e. The number of hydrogen-bond donors (Lipinski definition) is 1. The summed E-state index contributed by atoms with van der Waals surface area (Å²) < 4.78 is 0. The van der Waals surface area contributed by atoms with Crippen molar-refractivity contribution < 1.29 is 4.79 Å². The van der Waals surface area contributed by atoms with Crippen LogP contribution in [0, 0.1) is 5.92 Å². The van der Waals surface area contributed by atoms with Gasteiger partial charge in [-0.05, 0) is 54.1 Å². The number of benzene rings is 3. The third kappa shape index (κ3) is 4.00. The summed E-state index contributed by atoms with van der Waals surface area (Å²) in [5, 5.41) is 0.761. The fourth-order valence-electron chi connectivity index (χ4n) is 4.85. The first-order valence-corrected chi connectivity index (χ1v) is 10.9. The summed E-state index contributed by atoms with van der Waals surface area (Å²) >= 11 is 6.00. The van der Waals surface area contributed by atoms with Crippen molar-refractivity contribution in [2.24, 2.45) is 11.7 Å². The van der Waals surface area contributed by atoms with Crippen LogP contribution >= 0.6 is 11.6 Å². The summed E-state index contributed by atoms with van der Waals surface area (Å²) in [6.07, 6.45) is 1.90. The molecule has 0 aromatic heterocycles. The van der Waals surface area contributed by atoms with E-state index in [9.17, 15) is 4.79 Å². The SMILES string of the molecule is NC(=O)C(c1ccccc1)(c1ccccc1)C1CCN(CCc2ccc(Cl)cc2)C1. The molecule has 1 unspecified atom stereocenters. The van der Waals surface area contributed by atoms with Crippen LogP contribution in [-0.2, 0) is 16.6 Å². The molecule has 1 heterocycles. The van der Waals surface area contributed by atoms with Crippen molar-refractivity contribution in [2.75, 3.05) is 19.6 Å². The van der Waals surface area contributed by atoms with Crippen LogP contribution in [0.4, 0.5) is 0 Å². The molecule has 3 aromatic carbocycles. The third-order valence-corrected chi connectivity index (χ3v) is 6.61. The molecular formula is C26H27ClN2O. The molecule has 0 aliphatic carbocycles. The van der Waals surface area contributed by atoms with Gasteiger partial charge in [-0.15, -0.1) is 0 Å². The number of nitrogens with zero attached hydrogens (tertiary/aromatic N) is 1. The molecule has 154 valence electrons. The number of carbonyl (C=O) groups excluding carboxylic acids is 1. The molecule has 1 atom stereocenters. The van der Waals surface area contributed by atoms with Crippen LogP contribution in [-0.4, -0.2) is 30.4 Å². The topological polar surface area (TPSA) is 46.3 Å². The average Bonchev–Trinajstić information content (AvgIpc) is 3.24. The highest BCUT2D eigenvalue weighted by molar-refractivity contribution is 6.30. The van der Waals surface area contributed by atoms with Gasteiger partial charge in [0.1, 0.15) is 5.41 Å². The second-order valence-electron chi connectivity index (χ2n) is 8.07. The van der Waals surface area contributed by atoms with Crippen molar-refractivity contribution in [3.63, 3.8) is 0 Å². The van der Waals surface area contributed by atoms with E-state index in [1.165, 1.54) is 5.56 Å². The minimum atomic E-state index is -0.822. The Balaban J connectivity index is 1.60. The Labute approximate surface area is 183 Å². The quantitative estimate of drug-likeness (QED) is 0.605. The van der Waals surface area contributed by atoms with Gasteiger partial charge in [-0.1, -0.05) is 84.4 Å². The third-order valence-electron chi connectivity index (χ3n) is 6.36. The molecule has 0 saturated carbocycles. The zero-order valence-electron chi connectivity index (χ0n) is 17.0. The molecule has 1 aliphatic rings. The number of likely N-dealkylation sites (tertiary alicyclic amines) is 1. The van der Waals surface area contributed by atoms with Crippen LogP contribution in [0.15, 0.2) is 84.9 Å². The van der Waals surface area contributed by atoms with Crippen LogP contribution in [0.2, 0.25) is 5.02 Å². The van der Waals surface area contributed by atoms with Gasteiger partial charge in [0.15, 0.2) is 0 Å². The fourth-order valence-corrected chi connectivity index (χ4v) is 4.98. The van der Waals surface area contributed by atoms with Crippen molar-refractivity contribution in [3.05, 3.63) is 107 Å². The van der Waals surface area contributed by atoms with E-state index in [1.54, 1.807) is 0 Å². The average molecular weight is 419 g/mol. The van der Waals surface area contributed by atoms with E-state index in [4.69, 9.17) is 17.3 Å². The fraction of sp³-hybridized carbons (Fsp3) is 0.269. The van der Waals surface area contributed by atoms with E-state index >= 15 is 0 Å². The van der Waals surface area contributed by atoms with Gasteiger partial charge in [0.2, 0.25) is 5.91 Å². The van der Waals surface area contributed by atoms with Crippen molar-refractivity contribution in [2.45, 2.75) is 18.3 Å². The molecule has 30 heavy (non-hydrogen) atoms. The second kappa shape index (κ2) is 9.03. The summed E-state index contributed by atoms with van der Waals surface area (Å²) in [6, 6.07) is 28.1. The molecule has 2 N–H and O–H groups in total. The molecule has 1 fully saturated rings. The molecule has 3 aromatic rings. The number of nitrogens with two attached hydrogens (primary N) is 1. The maximum atomic E-state index is 13.1. The first-order chi connectivity index (χ1) is 14.6. The molecule has 1 saturated heterocycles. The zero-order valence-corrected chi connectivity index (χ0v) is 17.8. The van der Waals surface area contributed by atoms with Crippen molar-refractivity contribution in [3.8, 4) is 0 Å². The molecule has 1 amide bonds. The Morgan fingerprint density at radius 2 is 1.50 bits per heavy atom. The van der Waals surface area contributed by atoms with Crippen LogP contribution in [0.3, 0.4) is 0 Å². The maximum Gasteiger partial charge on any atom is 0.232 e. The molecule has 0 spiro atoms. The van der Waals surface area contributed by atoms with Crippen molar-refractivity contribution in [1.29, 1.82) is 0 Å². The summed E-state index contributed by atoms with van der Waals surface area (Å²) in [6.45, 7) is 2.77. The highest BCUT2D eigenvalue weighted by atomic mass is 35.5. The molecule has 0 bridgehead atoms. The number of primary amides is 1. The number of carbonyl (C=O) groups is 1. The van der Waals surface area contributed by atoms with Gasteiger partial charge >= 0.3 is 0 Å². The molecule has 1 aliphatic heterocycles. The van der Waals surface area contributed by atoms with E-state index in [2.05, 4.69) is 17.0 Å². The van der Waals surface area contributed by atoms with Crippen LogP contribution in [0.25, 0.3) is 0 Å². The van der Waals surface area contributed by atoms with Gasteiger partial charge in [0.25, 0.3) is 0 Å². The lowest BCUT2D eigenvalue weighted by Gasteiger charge is -2.37. The van der Waals surface area contributed by atoms with E-state index in [-0.39, 0.29) is 11.8 Å². The minimum absolute atomic E-state index is 0.130. The van der Waals surface area contributed by atoms with E-state index < -0.39 is 5.41 Å². The van der Waals surface area contributed by atoms with Gasteiger partial charge in [-0.2, -0.15) is 0 Å².